The third-order valence-corrected chi connectivity index (χ3v) is 3.57. The average molecular weight is 298 g/mol. The number of hydrogen-bond donors (Lipinski definition) is 0. The first-order chi connectivity index (χ1) is 10.1. The van der Waals surface area contributed by atoms with Gasteiger partial charge in [-0.2, -0.15) is 4.39 Å². The second kappa shape index (κ2) is 7.33. The zero-order chi connectivity index (χ0) is 15.2. The number of ether oxygens (including phenoxy) is 2. The highest BCUT2D eigenvalue weighted by molar-refractivity contribution is 5.64. The molecule has 0 unspecified atom stereocenters. The molecule has 0 N–H and O–H groups in total. The van der Waals surface area contributed by atoms with Crippen molar-refractivity contribution in [3.8, 4) is 0 Å². The van der Waals surface area contributed by atoms with E-state index in [-0.39, 0.29) is 6.10 Å². The Labute approximate surface area is 122 Å². The predicted molar refractivity (Wildman–Crippen MR) is 76.1 cm³/mol. The van der Waals surface area contributed by atoms with Crippen molar-refractivity contribution in [2.75, 3.05) is 38.3 Å². The fraction of sp³-hybridized carbons (Fsp3) is 0.571. The lowest BCUT2D eigenvalue weighted by molar-refractivity contribution is -0.386. The van der Waals surface area contributed by atoms with Crippen LogP contribution in [-0.2, 0) is 9.47 Å². The summed E-state index contributed by atoms with van der Waals surface area (Å²) in [7, 11) is 1.62. The minimum Gasteiger partial charge on any atom is -0.382 e. The van der Waals surface area contributed by atoms with Crippen molar-refractivity contribution < 1.29 is 18.8 Å². The third-order valence-electron chi connectivity index (χ3n) is 3.57. The van der Waals surface area contributed by atoms with E-state index in [0.29, 0.717) is 32.0 Å². The Kier molecular flexibility index (Phi) is 5.46. The van der Waals surface area contributed by atoms with E-state index >= 15 is 0 Å². The number of piperidine rings is 1. The molecule has 0 saturated carbocycles. The SMILES string of the molecule is COCCOC1CCN(c2cccc(F)c2[N+](=O)[O-])CC1. The molecule has 1 saturated heterocycles. The molecule has 1 aromatic carbocycles. The Hall–Kier alpha value is -1.73. The molecule has 7 heteroatoms. The van der Waals surface area contributed by atoms with Crippen LogP contribution in [0, 0.1) is 15.9 Å². The summed E-state index contributed by atoms with van der Waals surface area (Å²) < 4.78 is 24.2. The number of nitro benzene ring substituents is 1. The van der Waals surface area contributed by atoms with Gasteiger partial charge in [-0.05, 0) is 25.0 Å². The highest BCUT2D eigenvalue weighted by atomic mass is 19.1. The molecule has 116 valence electrons. The van der Waals surface area contributed by atoms with Crippen molar-refractivity contribution in [1.29, 1.82) is 0 Å². The number of rotatable bonds is 6. The molecule has 1 fully saturated rings. The van der Waals surface area contributed by atoms with Crippen molar-refractivity contribution in [1.82, 2.24) is 0 Å². The standard InChI is InChI=1S/C14H19FN2O4/c1-20-9-10-21-11-5-7-16(8-6-11)13-4-2-3-12(15)14(13)17(18)19/h2-4,11H,5-10H2,1H3. The van der Waals surface area contributed by atoms with Gasteiger partial charge in [-0.3, -0.25) is 10.1 Å². The van der Waals surface area contributed by atoms with E-state index in [1.807, 2.05) is 4.90 Å². The van der Waals surface area contributed by atoms with E-state index in [1.165, 1.54) is 6.07 Å². The van der Waals surface area contributed by atoms with Gasteiger partial charge in [-0.25, -0.2) is 0 Å². The van der Waals surface area contributed by atoms with Gasteiger partial charge in [-0.15, -0.1) is 0 Å². The van der Waals surface area contributed by atoms with Gasteiger partial charge in [0.2, 0.25) is 5.82 Å². The summed E-state index contributed by atoms with van der Waals surface area (Å²) in [6.07, 6.45) is 1.65. The Balaban J connectivity index is 1.99. The van der Waals surface area contributed by atoms with Crippen LogP contribution in [0.3, 0.4) is 0 Å². The molecule has 0 atom stereocenters. The maximum absolute atomic E-state index is 13.6. The normalized spacial score (nSPS) is 16.2. The Morgan fingerprint density at radius 3 is 2.71 bits per heavy atom. The Bertz CT molecular complexity index is 490. The molecule has 2 rings (SSSR count). The minimum atomic E-state index is -0.795. The van der Waals surface area contributed by atoms with E-state index in [1.54, 1.807) is 13.2 Å². The monoisotopic (exact) mass is 298 g/mol. The fourth-order valence-corrected chi connectivity index (χ4v) is 2.50. The van der Waals surface area contributed by atoms with Crippen LogP contribution in [0.2, 0.25) is 0 Å². The van der Waals surface area contributed by atoms with Crippen molar-refractivity contribution in [2.24, 2.45) is 0 Å². The van der Waals surface area contributed by atoms with Gasteiger partial charge in [0, 0.05) is 20.2 Å². The van der Waals surface area contributed by atoms with Crippen molar-refractivity contribution in [3.63, 3.8) is 0 Å². The summed E-state index contributed by atoms with van der Waals surface area (Å²) in [6, 6.07) is 4.20. The lowest BCUT2D eigenvalue weighted by Crippen LogP contribution is -2.37. The van der Waals surface area contributed by atoms with Gasteiger partial charge in [-0.1, -0.05) is 6.07 Å². The van der Waals surface area contributed by atoms with Crippen molar-refractivity contribution >= 4 is 11.4 Å². The summed E-state index contributed by atoms with van der Waals surface area (Å²) in [4.78, 5) is 12.2. The van der Waals surface area contributed by atoms with E-state index < -0.39 is 16.4 Å². The number of methoxy groups -OCH3 is 1. The summed E-state index contributed by atoms with van der Waals surface area (Å²) in [5, 5.41) is 11.0. The average Bonchev–Trinajstić information content (AvgIpc) is 2.47. The maximum atomic E-state index is 13.6. The molecule has 0 spiro atoms. The number of anilines is 1. The third kappa shape index (κ3) is 3.89. The number of nitrogens with zero attached hydrogens (tertiary/aromatic N) is 2. The predicted octanol–water partition coefficient (Wildman–Crippen LogP) is 2.37. The number of para-hydroxylation sites is 1. The van der Waals surface area contributed by atoms with Crippen LogP contribution in [0.25, 0.3) is 0 Å². The maximum Gasteiger partial charge on any atom is 0.327 e. The summed E-state index contributed by atoms with van der Waals surface area (Å²) >= 11 is 0. The number of hydrogen-bond acceptors (Lipinski definition) is 5. The molecule has 1 aliphatic heterocycles. The molecule has 21 heavy (non-hydrogen) atoms. The van der Waals surface area contributed by atoms with E-state index in [2.05, 4.69) is 0 Å². The van der Waals surface area contributed by atoms with Crippen molar-refractivity contribution in [2.45, 2.75) is 18.9 Å². The van der Waals surface area contributed by atoms with Gasteiger partial charge >= 0.3 is 5.69 Å². The molecule has 0 radical (unpaired) electrons. The molecule has 0 bridgehead atoms. The highest BCUT2D eigenvalue weighted by Gasteiger charge is 2.27. The first-order valence-corrected chi connectivity index (χ1v) is 6.92. The molecule has 1 aromatic rings. The van der Waals surface area contributed by atoms with E-state index in [9.17, 15) is 14.5 Å². The van der Waals surface area contributed by atoms with Crippen LogP contribution in [0.4, 0.5) is 15.8 Å². The molecule has 0 aliphatic carbocycles. The zero-order valence-corrected chi connectivity index (χ0v) is 12.0. The molecule has 0 aromatic heterocycles. The zero-order valence-electron chi connectivity index (χ0n) is 12.0. The van der Waals surface area contributed by atoms with Crippen LogP contribution in [0.15, 0.2) is 18.2 Å². The van der Waals surface area contributed by atoms with Gasteiger partial charge < -0.3 is 14.4 Å². The smallest absolute Gasteiger partial charge is 0.327 e. The van der Waals surface area contributed by atoms with Gasteiger partial charge in [0.15, 0.2) is 0 Å². The summed E-state index contributed by atoms with van der Waals surface area (Å²) in [5.41, 5.74) is -0.105. The largest absolute Gasteiger partial charge is 0.382 e. The second-order valence-corrected chi connectivity index (χ2v) is 4.91. The number of nitro groups is 1. The first-order valence-electron chi connectivity index (χ1n) is 6.92. The molecule has 6 nitrogen and oxygen atoms in total. The Morgan fingerprint density at radius 2 is 2.10 bits per heavy atom. The molecule has 1 heterocycles. The quantitative estimate of drug-likeness (QED) is 0.458. The fourth-order valence-electron chi connectivity index (χ4n) is 2.50. The van der Waals surface area contributed by atoms with Gasteiger partial charge in [0.05, 0.1) is 24.2 Å². The van der Waals surface area contributed by atoms with Gasteiger partial charge in [0.1, 0.15) is 5.69 Å². The topological polar surface area (TPSA) is 64.8 Å². The van der Waals surface area contributed by atoms with E-state index in [0.717, 1.165) is 18.9 Å². The van der Waals surface area contributed by atoms with Crippen LogP contribution < -0.4 is 4.90 Å². The number of halogens is 1. The lowest BCUT2D eigenvalue weighted by atomic mass is 10.1. The Morgan fingerprint density at radius 1 is 1.38 bits per heavy atom. The van der Waals surface area contributed by atoms with Crippen molar-refractivity contribution in [3.05, 3.63) is 34.1 Å². The number of benzene rings is 1. The molecular weight excluding hydrogens is 279 g/mol. The van der Waals surface area contributed by atoms with Gasteiger partial charge in [0.25, 0.3) is 0 Å². The first kappa shape index (κ1) is 15.7. The van der Waals surface area contributed by atoms with Crippen LogP contribution in [0.5, 0.6) is 0 Å². The van der Waals surface area contributed by atoms with Crippen LogP contribution >= 0.6 is 0 Å². The molecule has 1 aliphatic rings. The summed E-state index contributed by atoms with van der Waals surface area (Å²) in [5.74, 6) is -0.795. The lowest BCUT2D eigenvalue weighted by Gasteiger charge is -2.33. The highest BCUT2D eigenvalue weighted by Crippen LogP contribution is 2.32. The second-order valence-electron chi connectivity index (χ2n) is 4.91. The molecular formula is C14H19FN2O4. The van der Waals surface area contributed by atoms with E-state index in [4.69, 9.17) is 9.47 Å². The van der Waals surface area contributed by atoms with Crippen LogP contribution in [0.1, 0.15) is 12.8 Å². The minimum absolute atomic E-state index is 0.129. The molecule has 0 amide bonds. The van der Waals surface area contributed by atoms with Crippen LogP contribution in [-0.4, -0.2) is 44.4 Å². The summed E-state index contributed by atoms with van der Waals surface area (Å²) in [6.45, 7) is 2.32.